The molecule has 4 nitrogen and oxygen atoms in total. The third kappa shape index (κ3) is 2.85. The van der Waals surface area contributed by atoms with Gasteiger partial charge in [0, 0.05) is 29.4 Å². The Kier molecular flexibility index (Phi) is 3.95. The Morgan fingerprint density at radius 1 is 1.07 bits per heavy atom. The van der Waals surface area contributed by atoms with Gasteiger partial charge in [-0.05, 0) is 48.0 Å². The minimum absolute atomic E-state index is 0.186. The third-order valence-electron chi connectivity index (χ3n) is 5.05. The number of halogens is 1. The van der Waals surface area contributed by atoms with Gasteiger partial charge in [-0.1, -0.05) is 32.0 Å². The van der Waals surface area contributed by atoms with Crippen molar-refractivity contribution in [3.8, 4) is 0 Å². The number of carbonyl (C=O) groups is 1. The molecule has 0 fully saturated rings. The first-order valence-corrected chi connectivity index (χ1v) is 8.70. The summed E-state index contributed by atoms with van der Waals surface area (Å²) in [5.41, 5.74) is 4.05. The number of cyclic esters (lactones) is 1. The van der Waals surface area contributed by atoms with Gasteiger partial charge >= 0.3 is 5.97 Å². The number of benzene rings is 2. The zero-order chi connectivity index (χ0) is 19.2. The fraction of sp³-hybridized carbons (Fsp3) is 0.182. The lowest BCUT2D eigenvalue weighted by molar-refractivity contribution is -0.130. The Morgan fingerprint density at radius 2 is 1.78 bits per heavy atom. The summed E-state index contributed by atoms with van der Waals surface area (Å²) in [6.07, 6.45) is 3.59. The second-order valence-corrected chi connectivity index (χ2v) is 7.12. The fourth-order valence-electron chi connectivity index (χ4n) is 3.60. The molecule has 0 N–H and O–H groups in total. The molecule has 0 bridgehead atoms. The molecule has 4 rings (SSSR count). The van der Waals surface area contributed by atoms with E-state index in [4.69, 9.17) is 4.74 Å². The van der Waals surface area contributed by atoms with Gasteiger partial charge in [-0.3, -0.25) is 0 Å². The molecule has 0 aliphatic carbocycles. The summed E-state index contributed by atoms with van der Waals surface area (Å²) < 4.78 is 18.3. The Labute approximate surface area is 157 Å². The molecule has 2 aromatic carbocycles. The zero-order valence-corrected chi connectivity index (χ0v) is 15.4. The number of hydrogen-bond acceptors (Lipinski definition) is 4. The molecule has 0 saturated carbocycles. The van der Waals surface area contributed by atoms with E-state index in [2.05, 4.69) is 35.9 Å². The smallest absolute Gasteiger partial charge is 0.363 e. The fourth-order valence-corrected chi connectivity index (χ4v) is 3.60. The SMILES string of the molecule is CN1/C(=C\C=C2\N=C(c3ccc(F)cc3)OC2=O)C(C)(C)c2ccccc21. The van der Waals surface area contributed by atoms with Crippen LogP contribution >= 0.6 is 0 Å². The Balaban J connectivity index is 1.68. The summed E-state index contributed by atoms with van der Waals surface area (Å²) in [5, 5.41) is 0. The monoisotopic (exact) mass is 362 g/mol. The molecular weight excluding hydrogens is 343 g/mol. The predicted molar refractivity (Wildman–Crippen MR) is 103 cm³/mol. The third-order valence-corrected chi connectivity index (χ3v) is 5.05. The molecule has 0 spiro atoms. The summed E-state index contributed by atoms with van der Waals surface area (Å²) in [4.78, 5) is 18.6. The van der Waals surface area contributed by atoms with Gasteiger partial charge in [0.25, 0.3) is 0 Å². The number of likely N-dealkylation sites (N-methyl/N-ethyl adjacent to an activating group) is 1. The van der Waals surface area contributed by atoms with E-state index in [9.17, 15) is 9.18 Å². The number of nitrogens with zero attached hydrogens (tertiary/aromatic N) is 2. The average molecular weight is 362 g/mol. The van der Waals surface area contributed by atoms with Gasteiger partial charge in [0.1, 0.15) is 5.82 Å². The van der Waals surface area contributed by atoms with E-state index in [-0.39, 0.29) is 22.8 Å². The molecule has 0 saturated heterocycles. The van der Waals surface area contributed by atoms with E-state index in [1.807, 2.05) is 25.3 Å². The minimum Gasteiger partial charge on any atom is -0.402 e. The van der Waals surface area contributed by atoms with E-state index in [1.54, 1.807) is 6.08 Å². The predicted octanol–water partition coefficient (Wildman–Crippen LogP) is 4.32. The molecule has 0 aromatic heterocycles. The first-order valence-electron chi connectivity index (χ1n) is 8.70. The molecule has 136 valence electrons. The number of ether oxygens (including phenoxy) is 1. The number of carbonyl (C=O) groups excluding carboxylic acids is 1. The van der Waals surface area contributed by atoms with Crippen LogP contribution in [0.2, 0.25) is 0 Å². The Hall–Kier alpha value is -3.21. The van der Waals surface area contributed by atoms with E-state index in [1.165, 1.54) is 29.8 Å². The maximum absolute atomic E-state index is 13.1. The maximum atomic E-state index is 13.1. The normalized spacial score (nSPS) is 20.8. The van der Waals surface area contributed by atoms with E-state index >= 15 is 0 Å². The van der Waals surface area contributed by atoms with Crippen molar-refractivity contribution in [3.05, 3.63) is 89.0 Å². The molecule has 2 aliphatic rings. The quantitative estimate of drug-likeness (QED) is 0.590. The highest BCUT2D eigenvalue weighted by Gasteiger charge is 2.37. The number of fused-ring (bicyclic) bond motifs is 1. The number of esters is 1. The van der Waals surface area contributed by atoms with Gasteiger partial charge in [-0.25, -0.2) is 14.2 Å². The van der Waals surface area contributed by atoms with E-state index < -0.39 is 5.97 Å². The number of allylic oxidation sites excluding steroid dienone is 3. The van der Waals surface area contributed by atoms with Crippen LogP contribution in [0.5, 0.6) is 0 Å². The van der Waals surface area contributed by atoms with Crippen LogP contribution in [-0.4, -0.2) is 18.9 Å². The van der Waals surface area contributed by atoms with Crippen LogP contribution in [0, 0.1) is 5.82 Å². The van der Waals surface area contributed by atoms with Crippen molar-refractivity contribution in [3.63, 3.8) is 0 Å². The minimum atomic E-state index is -0.512. The topological polar surface area (TPSA) is 41.9 Å². The highest BCUT2D eigenvalue weighted by atomic mass is 19.1. The van der Waals surface area contributed by atoms with Gasteiger partial charge < -0.3 is 9.64 Å². The second kappa shape index (κ2) is 6.20. The van der Waals surface area contributed by atoms with Crippen LogP contribution in [0.3, 0.4) is 0 Å². The molecule has 0 unspecified atom stereocenters. The zero-order valence-electron chi connectivity index (χ0n) is 15.4. The molecule has 27 heavy (non-hydrogen) atoms. The Morgan fingerprint density at radius 3 is 2.48 bits per heavy atom. The molecule has 0 amide bonds. The largest absolute Gasteiger partial charge is 0.402 e. The van der Waals surface area contributed by atoms with Crippen LogP contribution < -0.4 is 4.90 Å². The lowest BCUT2D eigenvalue weighted by atomic mass is 9.84. The lowest BCUT2D eigenvalue weighted by Gasteiger charge is -2.23. The molecule has 0 atom stereocenters. The summed E-state index contributed by atoms with van der Waals surface area (Å²) in [6.45, 7) is 4.31. The molecule has 2 heterocycles. The molecule has 2 aromatic rings. The first-order chi connectivity index (χ1) is 12.9. The Bertz CT molecular complexity index is 1020. The summed E-state index contributed by atoms with van der Waals surface area (Å²) >= 11 is 0. The van der Waals surface area contributed by atoms with Crippen molar-refractivity contribution >= 4 is 17.6 Å². The van der Waals surface area contributed by atoms with Crippen molar-refractivity contribution in [2.45, 2.75) is 19.3 Å². The average Bonchev–Trinajstić information content (AvgIpc) is 3.11. The van der Waals surface area contributed by atoms with E-state index in [0.717, 1.165) is 11.4 Å². The van der Waals surface area contributed by atoms with Gasteiger partial charge in [-0.15, -0.1) is 0 Å². The molecular formula is C22H19FN2O2. The maximum Gasteiger partial charge on any atom is 0.363 e. The molecule has 2 aliphatic heterocycles. The van der Waals surface area contributed by atoms with Crippen molar-refractivity contribution in [2.75, 3.05) is 11.9 Å². The summed E-state index contributed by atoms with van der Waals surface area (Å²) in [6, 6.07) is 13.9. The first kappa shape index (κ1) is 17.2. The highest BCUT2D eigenvalue weighted by molar-refractivity contribution is 6.11. The van der Waals surface area contributed by atoms with Gasteiger partial charge in [0.05, 0.1) is 0 Å². The standard InChI is InChI=1S/C22H19FN2O2/c1-22(2)16-6-4-5-7-18(16)25(3)19(22)13-12-17-21(26)27-20(24-17)14-8-10-15(23)11-9-14/h4-13H,1-3H3/b17-12+,19-13-. The van der Waals surface area contributed by atoms with Gasteiger partial charge in [0.2, 0.25) is 5.90 Å². The van der Waals surface area contributed by atoms with Crippen LogP contribution in [0.25, 0.3) is 0 Å². The summed E-state index contributed by atoms with van der Waals surface area (Å²) in [5.74, 6) is -0.677. The van der Waals surface area contributed by atoms with Crippen LogP contribution in [0.4, 0.5) is 10.1 Å². The molecule has 0 radical (unpaired) electrons. The van der Waals surface area contributed by atoms with Crippen LogP contribution in [0.1, 0.15) is 25.0 Å². The highest BCUT2D eigenvalue weighted by Crippen LogP contribution is 2.46. The number of rotatable bonds is 2. The van der Waals surface area contributed by atoms with Crippen molar-refractivity contribution in [2.24, 2.45) is 4.99 Å². The van der Waals surface area contributed by atoms with Crippen LogP contribution in [0.15, 0.2) is 77.1 Å². The van der Waals surface area contributed by atoms with Gasteiger partial charge in [-0.2, -0.15) is 0 Å². The number of anilines is 1. The van der Waals surface area contributed by atoms with Crippen molar-refractivity contribution < 1.29 is 13.9 Å². The number of para-hydroxylation sites is 1. The van der Waals surface area contributed by atoms with E-state index in [0.29, 0.717) is 5.56 Å². The lowest BCUT2D eigenvalue weighted by Crippen LogP contribution is -2.22. The van der Waals surface area contributed by atoms with Crippen molar-refractivity contribution in [1.82, 2.24) is 0 Å². The number of aliphatic imine (C=N–C) groups is 1. The molecule has 5 heteroatoms. The summed E-state index contributed by atoms with van der Waals surface area (Å²) in [7, 11) is 2.01. The van der Waals surface area contributed by atoms with Crippen LogP contribution in [-0.2, 0) is 14.9 Å². The van der Waals surface area contributed by atoms with Crippen molar-refractivity contribution in [1.29, 1.82) is 0 Å². The van der Waals surface area contributed by atoms with Gasteiger partial charge in [0.15, 0.2) is 5.70 Å². The number of hydrogen-bond donors (Lipinski definition) is 0. The second-order valence-electron chi connectivity index (χ2n) is 7.12.